The summed E-state index contributed by atoms with van der Waals surface area (Å²) in [6.07, 6.45) is 1.27. The highest BCUT2D eigenvalue weighted by Gasteiger charge is 2.18. The second-order valence-corrected chi connectivity index (χ2v) is 8.10. The van der Waals surface area contributed by atoms with E-state index in [1.807, 2.05) is 13.8 Å². The molecule has 31 heavy (non-hydrogen) atoms. The molecule has 1 aromatic carbocycles. The number of aryl methyl sites for hydroxylation is 2. The van der Waals surface area contributed by atoms with Crippen LogP contribution in [-0.2, 0) is 16.0 Å². The smallest absolute Gasteiger partial charge is 0.412 e. The lowest BCUT2D eigenvalue weighted by Crippen LogP contribution is -2.27. The van der Waals surface area contributed by atoms with E-state index in [-0.39, 0.29) is 23.7 Å². The Morgan fingerprint density at radius 1 is 1.16 bits per heavy atom. The van der Waals surface area contributed by atoms with Crippen LogP contribution in [0, 0.1) is 19.7 Å². The summed E-state index contributed by atoms with van der Waals surface area (Å²) >= 11 is 0. The molecule has 2 N–H and O–H groups in total. The van der Waals surface area contributed by atoms with Crippen molar-refractivity contribution in [3.05, 3.63) is 47.3 Å². The number of halogens is 1. The predicted molar refractivity (Wildman–Crippen MR) is 113 cm³/mol. The Balaban J connectivity index is 1.71. The first-order valence-corrected chi connectivity index (χ1v) is 9.79. The van der Waals surface area contributed by atoms with Crippen LogP contribution in [0.1, 0.15) is 44.1 Å². The van der Waals surface area contributed by atoms with Gasteiger partial charge in [0.05, 0.1) is 11.4 Å². The summed E-state index contributed by atoms with van der Waals surface area (Å²) in [7, 11) is 0. The van der Waals surface area contributed by atoms with Crippen LogP contribution in [0.3, 0.4) is 0 Å². The van der Waals surface area contributed by atoms with Gasteiger partial charge in [0.1, 0.15) is 17.7 Å². The van der Waals surface area contributed by atoms with Gasteiger partial charge in [-0.05, 0) is 64.8 Å². The molecule has 0 saturated carbocycles. The van der Waals surface area contributed by atoms with Crippen LogP contribution in [0.4, 0.5) is 20.6 Å². The number of nitrogens with zero attached hydrogens (tertiary/aromatic N) is 4. The number of hydrogen-bond acceptors (Lipinski definition) is 6. The zero-order chi connectivity index (χ0) is 22.8. The lowest BCUT2D eigenvalue weighted by atomic mass is 10.1. The number of hydrogen-bond donors (Lipinski definition) is 2. The molecule has 2 heterocycles. The minimum absolute atomic E-state index is 0.131. The third kappa shape index (κ3) is 5.53. The molecule has 0 aliphatic rings. The Morgan fingerprint density at radius 3 is 2.61 bits per heavy atom. The van der Waals surface area contributed by atoms with Crippen molar-refractivity contribution >= 4 is 29.2 Å². The molecule has 0 fully saturated rings. The first kappa shape index (κ1) is 22.1. The van der Waals surface area contributed by atoms with Crippen LogP contribution in [0.15, 0.2) is 24.5 Å². The van der Waals surface area contributed by atoms with Gasteiger partial charge in [0.2, 0.25) is 5.91 Å². The highest BCUT2D eigenvalue weighted by Crippen LogP contribution is 2.24. The fourth-order valence-electron chi connectivity index (χ4n) is 3.11. The van der Waals surface area contributed by atoms with Crippen LogP contribution in [0.25, 0.3) is 5.78 Å². The van der Waals surface area contributed by atoms with Crippen molar-refractivity contribution in [2.45, 2.75) is 53.1 Å². The molecule has 10 heteroatoms. The standard InChI is InChI=1S/C21H25FN6O3/c1-12-15(13(2)28-19(25-12)23-11-24-28)7-9-18(29)26-17-10-14(22)6-8-16(17)27-20(30)31-21(3,4)5/h6,8,10-11H,7,9H2,1-5H3,(H,26,29)(H,27,30). The molecule has 9 nitrogen and oxygen atoms in total. The maximum absolute atomic E-state index is 13.8. The molecule has 2 aromatic heterocycles. The summed E-state index contributed by atoms with van der Waals surface area (Å²) < 4.78 is 20.6. The fourth-order valence-corrected chi connectivity index (χ4v) is 3.11. The molecule has 0 unspecified atom stereocenters. The Kier molecular flexibility index (Phi) is 6.19. The maximum atomic E-state index is 13.8. The Morgan fingerprint density at radius 2 is 1.90 bits per heavy atom. The Labute approximate surface area is 179 Å². The van der Waals surface area contributed by atoms with E-state index in [9.17, 15) is 14.0 Å². The van der Waals surface area contributed by atoms with Crippen molar-refractivity contribution < 1.29 is 18.7 Å². The number of nitrogens with one attached hydrogen (secondary N) is 2. The SMILES string of the molecule is Cc1nc2ncnn2c(C)c1CCC(=O)Nc1cc(F)ccc1NC(=O)OC(C)(C)C. The molecular formula is C21H25FN6O3. The summed E-state index contributed by atoms with van der Waals surface area (Å²) in [5.74, 6) is -0.381. The van der Waals surface area contributed by atoms with E-state index < -0.39 is 17.5 Å². The minimum atomic E-state index is -0.701. The van der Waals surface area contributed by atoms with Crippen LogP contribution in [-0.4, -0.2) is 37.2 Å². The first-order valence-electron chi connectivity index (χ1n) is 9.79. The van der Waals surface area contributed by atoms with Gasteiger partial charge in [-0.1, -0.05) is 0 Å². The third-order valence-electron chi connectivity index (χ3n) is 4.48. The number of ether oxygens (including phenoxy) is 1. The molecule has 164 valence electrons. The second-order valence-electron chi connectivity index (χ2n) is 8.10. The fraction of sp³-hybridized carbons (Fsp3) is 0.381. The largest absolute Gasteiger partial charge is 0.444 e. The normalized spacial score (nSPS) is 11.4. The van der Waals surface area contributed by atoms with E-state index >= 15 is 0 Å². The average molecular weight is 428 g/mol. The predicted octanol–water partition coefficient (Wildman–Crippen LogP) is 3.80. The van der Waals surface area contributed by atoms with Gasteiger partial charge >= 0.3 is 6.09 Å². The number of amides is 2. The van der Waals surface area contributed by atoms with Gasteiger partial charge in [-0.25, -0.2) is 18.7 Å². The van der Waals surface area contributed by atoms with E-state index in [1.54, 1.807) is 25.3 Å². The molecule has 0 atom stereocenters. The summed E-state index contributed by atoms with van der Waals surface area (Å²) in [5, 5.41) is 9.33. The monoisotopic (exact) mass is 428 g/mol. The molecular weight excluding hydrogens is 403 g/mol. The highest BCUT2D eigenvalue weighted by molar-refractivity contribution is 5.97. The minimum Gasteiger partial charge on any atom is -0.444 e. The van der Waals surface area contributed by atoms with Crippen molar-refractivity contribution in [1.29, 1.82) is 0 Å². The molecule has 3 aromatic rings. The number of anilines is 2. The summed E-state index contributed by atoms with van der Waals surface area (Å²) in [4.78, 5) is 33.1. The van der Waals surface area contributed by atoms with Crippen molar-refractivity contribution in [3.63, 3.8) is 0 Å². The van der Waals surface area contributed by atoms with Gasteiger partial charge < -0.3 is 10.1 Å². The molecule has 0 aliphatic carbocycles. The van der Waals surface area contributed by atoms with Crippen LogP contribution >= 0.6 is 0 Å². The lowest BCUT2D eigenvalue weighted by molar-refractivity contribution is -0.116. The van der Waals surface area contributed by atoms with Crippen LogP contribution in [0.2, 0.25) is 0 Å². The van der Waals surface area contributed by atoms with Gasteiger partial charge in [0.25, 0.3) is 5.78 Å². The van der Waals surface area contributed by atoms with Gasteiger partial charge in [-0.2, -0.15) is 10.1 Å². The molecule has 0 aliphatic heterocycles. The summed E-state index contributed by atoms with van der Waals surface area (Å²) in [6, 6.07) is 3.70. The first-order chi connectivity index (χ1) is 14.5. The number of rotatable bonds is 5. The molecule has 2 amide bonds. The Bertz CT molecular complexity index is 1140. The molecule has 0 bridgehead atoms. The molecule has 0 radical (unpaired) electrons. The molecule has 3 rings (SSSR count). The van der Waals surface area contributed by atoms with E-state index in [4.69, 9.17) is 4.74 Å². The highest BCUT2D eigenvalue weighted by atomic mass is 19.1. The summed E-state index contributed by atoms with van der Waals surface area (Å²) in [5.41, 5.74) is 2.20. The van der Waals surface area contributed by atoms with Crippen molar-refractivity contribution in [2.75, 3.05) is 10.6 Å². The molecule has 0 saturated heterocycles. The van der Waals surface area contributed by atoms with Crippen molar-refractivity contribution in [3.8, 4) is 0 Å². The zero-order valence-corrected chi connectivity index (χ0v) is 18.1. The van der Waals surface area contributed by atoms with Crippen molar-refractivity contribution in [1.82, 2.24) is 19.6 Å². The van der Waals surface area contributed by atoms with Crippen LogP contribution in [0.5, 0.6) is 0 Å². The number of benzene rings is 1. The van der Waals surface area contributed by atoms with E-state index in [0.29, 0.717) is 12.2 Å². The van der Waals surface area contributed by atoms with Crippen molar-refractivity contribution in [2.24, 2.45) is 0 Å². The lowest BCUT2D eigenvalue weighted by Gasteiger charge is -2.20. The van der Waals surface area contributed by atoms with E-state index in [1.165, 1.54) is 18.5 Å². The average Bonchev–Trinajstić information content (AvgIpc) is 3.10. The number of fused-ring (bicyclic) bond motifs is 1. The quantitative estimate of drug-likeness (QED) is 0.640. The van der Waals surface area contributed by atoms with Gasteiger partial charge in [-0.3, -0.25) is 10.1 Å². The van der Waals surface area contributed by atoms with E-state index in [2.05, 4.69) is 25.7 Å². The number of carbonyl (C=O) groups excluding carboxylic acids is 2. The molecule has 0 spiro atoms. The number of aromatic nitrogens is 4. The van der Waals surface area contributed by atoms with E-state index in [0.717, 1.165) is 23.0 Å². The third-order valence-corrected chi connectivity index (χ3v) is 4.48. The summed E-state index contributed by atoms with van der Waals surface area (Å²) in [6.45, 7) is 8.93. The second kappa shape index (κ2) is 8.66. The van der Waals surface area contributed by atoms with Gasteiger partial charge in [0.15, 0.2) is 0 Å². The van der Waals surface area contributed by atoms with Gasteiger partial charge in [-0.15, -0.1) is 0 Å². The van der Waals surface area contributed by atoms with Gasteiger partial charge in [0, 0.05) is 17.8 Å². The van der Waals surface area contributed by atoms with Crippen LogP contribution < -0.4 is 10.6 Å². The topological polar surface area (TPSA) is 111 Å². The Hall–Kier alpha value is -3.56. The maximum Gasteiger partial charge on any atom is 0.412 e. The zero-order valence-electron chi connectivity index (χ0n) is 18.1. The number of carbonyl (C=O) groups is 2.